The van der Waals surface area contributed by atoms with Gasteiger partial charge in [-0.15, -0.1) is 11.3 Å². The van der Waals surface area contributed by atoms with Crippen LogP contribution in [0.5, 0.6) is 0 Å². The van der Waals surface area contributed by atoms with Crippen LogP contribution >= 0.6 is 11.3 Å². The first kappa shape index (κ1) is 20.1. The molecule has 0 radical (unpaired) electrons. The molecule has 1 atom stereocenters. The Morgan fingerprint density at radius 2 is 1.73 bits per heavy atom. The fraction of sp³-hybridized carbons (Fsp3) is 0.261. The van der Waals surface area contributed by atoms with Gasteiger partial charge in [-0.25, -0.2) is 4.79 Å². The zero-order valence-electron chi connectivity index (χ0n) is 16.6. The number of carbonyl (C=O) groups is 2. The molecule has 0 bridgehead atoms. The molecule has 2 N–H and O–H groups in total. The maximum Gasteiger partial charge on any atom is 0.324 e. The fourth-order valence-corrected chi connectivity index (χ4v) is 4.60. The van der Waals surface area contributed by atoms with Crippen LogP contribution in [0.3, 0.4) is 0 Å². The van der Waals surface area contributed by atoms with E-state index < -0.39 is 0 Å². The van der Waals surface area contributed by atoms with Gasteiger partial charge in [0, 0.05) is 24.6 Å². The topological polar surface area (TPSA) is 74.3 Å². The van der Waals surface area contributed by atoms with Gasteiger partial charge in [0.2, 0.25) is 0 Å². The standard InChI is InChI=1S/C23H24N4O2S/c28-22(27-16-6-2-5-9-19(27)17-12-14-24-15-13-17)20-10-11-21(30-20)26-23(29)25-18-7-3-1-4-8-18/h1,3-4,7-8,10-15,19H,2,5-6,9,16H2,(H2,25,26,29). The number of para-hydroxylation sites is 1. The highest BCUT2D eigenvalue weighted by atomic mass is 32.1. The molecule has 3 amide bonds. The van der Waals surface area contributed by atoms with Crippen LogP contribution in [0.4, 0.5) is 15.5 Å². The third-order valence-electron chi connectivity index (χ3n) is 5.19. The molecule has 2 aromatic heterocycles. The molecule has 6 nitrogen and oxygen atoms in total. The number of aromatic nitrogens is 1. The van der Waals surface area contributed by atoms with Crippen LogP contribution in [0.25, 0.3) is 0 Å². The van der Waals surface area contributed by atoms with Crippen molar-refractivity contribution < 1.29 is 9.59 Å². The van der Waals surface area contributed by atoms with Gasteiger partial charge in [0.25, 0.3) is 5.91 Å². The molecule has 1 aliphatic heterocycles. The molecule has 3 heterocycles. The molecule has 0 spiro atoms. The second-order valence-electron chi connectivity index (χ2n) is 7.25. The zero-order valence-corrected chi connectivity index (χ0v) is 17.4. The van der Waals surface area contributed by atoms with E-state index in [2.05, 4.69) is 15.6 Å². The summed E-state index contributed by atoms with van der Waals surface area (Å²) in [5.41, 5.74) is 1.84. The minimum Gasteiger partial charge on any atom is -0.331 e. The number of nitrogens with zero attached hydrogens (tertiary/aromatic N) is 2. The normalized spacial score (nSPS) is 16.5. The molecule has 1 unspecified atom stereocenters. The molecule has 1 saturated heterocycles. The summed E-state index contributed by atoms with van der Waals surface area (Å²) in [7, 11) is 0. The van der Waals surface area contributed by atoms with Crippen LogP contribution in [-0.4, -0.2) is 28.4 Å². The summed E-state index contributed by atoms with van der Waals surface area (Å²) in [6.45, 7) is 0.737. The van der Waals surface area contributed by atoms with Crippen molar-refractivity contribution in [3.63, 3.8) is 0 Å². The van der Waals surface area contributed by atoms with Gasteiger partial charge >= 0.3 is 6.03 Å². The van der Waals surface area contributed by atoms with Crippen molar-refractivity contribution >= 4 is 34.0 Å². The second-order valence-corrected chi connectivity index (χ2v) is 8.34. The number of anilines is 2. The number of amides is 3. The number of hydrogen-bond acceptors (Lipinski definition) is 4. The van der Waals surface area contributed by atoms with Gasteiger partial charge in [-0.3, -0.25) is 15.1 Å². The van der Waals surface area contributed by atoms with Crippen molar-refractivity contribution in [2.24, 2.45) is 0 Å². The molecule has 3 aromatic rings. The minimum absolute atomic E-state index is 0.0141. The lowest BCUT2D eigenvalue weighted by Gasteiger charge is -2.30. The number of rotatable bonds is 4. The van der Waals surface area contributed by atoms with E-state index in [0.29, 0.717) is 15.6 Å². The molecule has 7 heteroatoms. The van der Waals surface area contributed by atoms with E-state index in [9.17, 15) is 9.59 Å². The monoisotopic (exact) mass is 420 g/mol. The number of urea groups is 1. The van der Waals surface area contributed by atoms with Crippen molar-refractivity contribution in [3.8, 4) is 0 Å². The summed E-state index contributed by atoms with van der Waals surface area (Å²) in [4.78, 5) is 32.3. The molecule has 1 aliphatic rings. The number of nitrogens with one attached hydrogen (secondary N) is 2. The van der Waals surface area contributed by atoms with Crippen LogP contribution in [0.2, 0.25) is 0 Å². The van der Waals surface area contributed by atoms with E-state index in [1.54, 1.807) is 24.5 Å². The number of thiophene rings is 1. The molecular formula is C23H24N4O2S. The second kappa shape index (κ2) is 9.54. The highest BCUT2D eigenvalue weighted by Crippen LogP contribution is 2.33. The number of benzene rings is 1. The molecule has 4 rings (SSSR count). The van der Waals surface area contributed by atoms with E-state index in [4.69, 9.17) is 0 Å². The van der Waals surface area contributed by atoms with Crippen LogP contribution in [0.1, 0.15) is 47.0 Å². The first-order valence-corrected chi connectivity index (χ1v) is 11.0. The Balaban J connectivity index is 1.46. The van der Waals surface area contributed by atoms with Gasteiger partial charge in [0.05, 0.1) is 15.9 Å². The van der Waals surface area contributed by atoms with Crippen LogP contribution in [0, 0.1) is 0 Å². The number of hydrogen-bond donors (Lipinski definition) is 2. The summed E-state index contributed by atoms with van der Waals surface area (Å²) in [5.74, 6) is 0.0141. The average molecular weight is 421 g/mol. The largest absolute Gasteiger partial charge is 0.331 e. The van der Waals surface area contributed by atoms with Crippen molar-refractivity contribution in [3.05, 3.63) is 77.4 Å². The van der Waals surface area contributed by atoms with E-state index in [0.717, 1.165) is 37.8 Å². The first-order chi connectivity index (χ1) is 14.7. The third-order valence-corrected chi connectivity index (χ3v) is 6.18. The lowest BCUT2D eigenvalue weighted by molar-refractivity contribution is 0.0686. The van der Waals surface area contributed by atoms with Crippen LogP contribution < -0.4 is 10.6 Å². The van der Waals surface area contributed by atoms with Crippen molar-refractivity contribution in [2.45, 2.75) is 31.7 Å². The van der Waals surface area contributed by atoms with Crippen molar-refractivity contribution in [1.82, 2.24) is 9.88 Å². The minimum atomic E-state index is -0.327. The Morgan fingerprint density at radius 1 is 0.933 bits per heavy atom. The van der Waals surface area contributed by atoms with Crippen LogP contribution in [0.15, 0.2) is 67.0 Å². The Labute approximate surface area is 180 Å². The number of likely N-dealkylation sites (tertiary alicyclic amines) is 1. The Kier molecular flexibility index (Phi) is 6.39. The van der Waals surface area contributed by atoms with Crippen LogP contribution in [-0.2, 0) is 0 Å². The molecular weight excluding hydrogens is 396 g/mol. The Hall–Kier alpha value is -3.19. The molecule has 1 aromatic carbocycles. The van der Waals surface area contributed by atoms with Gasteiger partial charge < -0.3 is 10.2 Å². The van der Waals surface area contributed by atoms with E-state index in [1.807, 2.05) is 47.4 Å². The summed E-state index contributed by atoms with van der Waals surface area (Å²) >= 11 is 1.30. The van der Waals surface area contributed by atoms with E-state index in [1.165, 1.54) is 11.3 Å². The Bertz CT molecular complexity index is 991. The third kappa shape index (κ3) is 4.86. The SMILES string of the molecule is O=C(Nc1ccccc1)Nc1ccc(C(=O)N2CCCCCC2c2ccncc2)s1. The lowest BCUT2D eigenvalue weighted by Crippen LogP contribution is -2.34. The first-order valence-electron chi connectivity index (χ1n) is 10.1. The quantitative estimate of drug-likeness (QED) is 0.581. The van der Waals surface area contributed by atoms with Crippen molar-refractivity contribution in [2.75, 3.05) is 17.2 Å². The average Bonchev–Trinajstić information content (AvgIpc) is 3.09. The van der Waals surface area contributed by atoms with Gasteiger partial charge in [-0.1, -0.05) is 31.0 Å². The summed E-state index contributed by atoms with van der Waals surface area (Å²) in [5, 5.41) is 6.24. The maximum atomic E-state index is 13.3. The number of carbonyl (C=O) groups excluding carboxylic acids is 2. The fourth-order valence-electron chi connectivity index (χ4n) is 3.74. The molecule has 0 saturated carbocycles. The summed E-state index contributed by atoms with van der Waals surface area (Å²) in [6.07, 6.45) is 7.74. The predicted molar refractivity (Wildman–Crippen MR) is 120 cm³/mol. The highest BCUT2D eigenvalue weighted by Gasteiger charge is 2.28. The zero-order chi connectivity index (χ0) is 20.8. The Morgan fingerprint density at radius 3 is 2.53 bits per heavy atom. The molecule has 0 aliphatic carbocycles. The van der Waals surface area contributed by atoms with E-state index in [-0.39, 0.29) is 18.0 Å². The number of pyridine rings is 1. The molecule has 1 fully saturated rings. The molecule has 30 heavy (non-hydrogen) atoms. The van der Waals surface area contributed by atoms with Gasteiger partial charge in [0.15, 0.2) is 0 Å². The predicted octanol–water partition coefficient (Wildman–Crippen LogP) is 5.54. The van der Waals surface area contributed by atoms with E-state index >= 15 is 0 Å². The summed E-state index contributed by atoms with van der Waals surface area (Å²) in [6, 6.07) is 16.5. The van der Waals surface area contributed by atoms with Gasteiger partial charge in [-0.2, -0.15) is 0 Å². The molecule has 154 valence electrons. The van der Waals surface area contributed by atoms with Gasteiger partial charge in [0.1, 0.15) is 0 Å². The smallest absolute Gasteiger partial charge is 0.324 e. The maximum absolute atomic E-state index is 13.3. The highest BCUT2D eigenvalue weighted by molar-refractivity contribution is 7.18. The van der Waals surface area contributed by atoms with Crippen molar-refractivity contribution in [1.29, 1.82) is 0 Å². The lowest BCUT2D eigenvalue weighted by atomic mass is 10.0. The van der Waals surface area contributed by atoms with Gasteiger partial charge in [-0.05, 0) is 54.8 Å². The summed E-state index contributed by atoms with van der Waals surface area (Å²) < 4.78 is 0.